The van der Waals surface area contributed by atoms with Crippen molar-refractivity contribution in [3.63, 3.8) is 0 Å². The van der Waals surface area contributed by atoms with Gasteiger partial charge >= 0.3 is 0 Å². The standard InChI is InChI=1S/C11H18N2O2/c1-7-6-9(13-15-7)10(14)12-8(2)11(3,4)5/h6,8H,1-5H3,(H,12,14). The Morgan fingerprint density at radius 2 is 2.13 bits per heavy atom. The van der Waals surface area contributed by atoms with Crippen molar-refractivity contribution in [3.8, 4) is 0 Å². The van der Waals surface area contributed by atoms with E-state index in [4.69, 9.17) is 4.52 Å². The lowest BCUT2D eigenvalue weighted by molar-refractivity contribution is 0.0901. The van der Waals surface area contributed by atoms with Crippen LogP contribution >= 0.6 is 0 Å². The van der Waals surface area contributed by atoms with E-state index in [1.165, 1.54) is 0 Å². The number of carbonyl (C=O) groups excluding carboxylic acids is 1. The Balaban J connectivity index is 2.64. The van der Waals surface area contributed by atoms with Gasteiger partial charge in [-0.1, -0.05) is 25.9 Å². The van der Waals surface area contributed by atoms with Crippen molar-refractivity contribution in [2.45, 2.75) is 40.7 Å². The number of nitrogens with one attached hydrogen (secondary N) is 1. The van der Waals surface area contributed by atoms with Crippen LogP contribution in [0.25, 0.3) is 0 Å². The van der Waals surface area contributed by atoms with Gasteiger partial charge in [-0.25, -0.2) is 0 Å². The second-order valence-electron chi connectivity index (χ2n) is 4.88. The first-order valence-corrected chi connectivity index (χ1v) is 5.05. The highest BCUT2D eigenvalue weighted by molar-refractivity contribution is 5.92. The van der Waals surface area contributed by atoms with Crippen LogP contribution in [0.2, 0.25) is 0 Å². The van der Waals surface area contributed by atoms with E-state index in [-0.39, 0.29) is 17.4 Å². The molecule has 1 atom stereocenters. The Bertz CT molecular complexity index is 350. The molecule has 1 N–H and O–H groups in total. The summed E-state index contributed by atoms with van der Waals surface area (Å²) in [6.45, 7) is 9.96. The maximum absolute atomic E-state index is 11.7. The SMILES string of the molecule is Cc1cc(C(=O)NC(C)C(C)(C)C)no1. The van der Waals surface area contributed by atoms with E-state index in [2.05, 4.69) is 31.2 Å². The van der Waals surface area contributed by atoms with Gasteiger partial charge in [0.2, 0.25) is 0 Å². The molecule has 1 heterocycles. The van der Waals surface area contributed by atoms with E-state index in [1.807, 2.05) is 6.92 Å². The summed E-state index contributed by atoms with van der Waals surface area (Å²) in [6, 6.07) is 1.71. The quantitative estimate of drug-likeness (QED) is 0.813. The van der Waals surface area contributed by atoms with Crippen LogP contribution in [0.5, 0.6) is 0 Å². The van der Waals surface area contributed by atoms with Gasteiger partial charge in [0.15, 0.2) is 5.69 Å². The third-order valence-corrected chi connectivity index (χ3v) is 2.51. The van der Waals surface area contributed by atoms with E-state index >= 15 is 0 Å². The van der Waals surface area contributed by atoms with Crippen LogP contribution in [-0.2, 0) is 0 Å². The summed E-state index contributed by atoms with van der Waals surface area (Å²) in [5, 5.41) is 6.55. The highest BCUT2D eigenvalue weighted by atomic mass is 16.5. The minimum Gasteiger partial charge on any atom is -0.361 e. The summed E-state index contributed by atoms with van der Waals surface area (Å²) in [7, 11) is 0. The largest absolute Gasteiger partial charge is 0.361 e. The van der Waals surface area contributed by atoms with E-state index in [1.54, 1.807) is 13.0 Å². The lowest BCUT2D eigenvalue weighted by atomic mass is 9.88. The average Bonchev–Trinajstić information content (AvgIpc) is 2.50. The van der Waals surface area contributed by atoms with Gasteiger partial charge in [0.25, 0.3) is 5.91 Å². The molecular weight excluding hydrogens is 192 g/mol. The molecule has 1 amide bonds. The molecule has 0 saturated carbocycles. The second-order valence-corrected chi connectivity index (χ2v) is 4.88. The first-order valence-electron chi connectivity index (χ1n) is 5.05. The summed E-state index contributed by atoms with van der Waals surface area (Å²) < 4.78 is 4.84. The highest BCUT2D eigenvalue weighted by Crippen LogP contribution is 2.18. The van der Waals surface area contributed by atoms with Crippen LogP contribution in [0, 0.1) is 12.3 Å². The zero-order valence-corrected chi connectivity index (χ0v) is 9.92. The number of hydrogen-bond donors (Lipinski definition) is 1. The number of rotatable bonds is 2. The minimum atomic E-state index is -0.186. The summed E-state index contributed by atoms with van der Waals surface area (Å²) >= 11 is 0. The van der Waals surface area contributed by atoms with E-state index in [0.29, 0.717) is 11.5 Å². The minimum absolute atomic E-state index is 0.0362. The van der Waals surface area contributed by atoms with Crippen LogP contribution < -0.4 is 5.32 Å². The molecule has 0 aliphatic carbocycles. The fourth-order valence-corrected chi connectivity index (χ4v) is 0.961. The van der Waals surface area contributed by atoms with Gasteiger partial charge < -0.3 is 9.84 Å². The molecule has 4 nitrogen and oxygen atoms in total. The molecule has 1 rings (SSSR count). The predicted molar refractivity (Wildman–Crippen MR) is 57.6 cm³/mol. The Morgan fingerprint density at radius 1 is 1.53 bits per heavy atom. The smallest absolute Gasteiger partial charge is 0.273 e. The van der Waals surface area contributed by atoms with Crippen molar-refractivity contribution in [2.75, 3.05) is 0 Å². The molecule has 0 radical (unpaired) electrons. The van der Waals surface area contributed by atoms with Crippen LogP contribution in [-0.4, -0.2) is 17.1 Å². The number of amides is 1. The number of hydrogen-bond acceptors (Lipinski definition) is 3. The molecule has 0 bridgehead atoms. The van der Waals surface area contributed by atoms with Crippen LogP contribution in [0.4, 0.5) is 0 Å². The molecule has 84 valence electrons. The van der Waals surface area contributed by atoms with Gasteiger partial charge in [0.05, 0.1) is 0 Å². The van der Waals surface area contributed by atoms with Gasteiger partial charge in [-0.2, -0.15) is 0 Å². The maximum Gasteiger partial charge on any atom is 0.273 e. The van der Waals surface area contributed by atoms with Crippen LogP contribution in [0.1, 0.15) is 43.9 Å². The van der Waals surface area contributed by atoms with E-state index < -0.39 is 0 Å². The molecule has 0 spiro atoms. The van der Waals surface area contributed by atoms with Crippen molar-refractivity contribution in [1.82, 2.24) is 10.5 Å². The van der Waals surface area contributed by atoms with Crippen molar-refractivity contribution < 1.29 is 9.32 Å². The van der Waals surface area contributed by atoms with E-state index in [9.17, 15) is 4.79 Å². The topological polar surface area (TPSA) is 55.1 Å². The molecule has 0 aliphatic heterocycles. The predicted octanol–water partition coefficient (Wildman–Crippen LogP) is 2.15. The number of nitrogens with zero attached hydrogens (tertiary/aromatic N) is 1. The zero-order chi connectivity index (χ0) is 11.6. The number of carbonyl (C=O) groups is 1. The Labute approximate surface area is 90.0 Å². The fourth-order valence-electron chi connectivity index (χ4n) is 0.961. The van der Waals surface area contributed by atoms with Gasteiger partial charge in [-0.3, -0.25) is 4.79 Å². The molecule has 0 fully saturated rings. The molecule has 0 aliphatic rings. The van der Waals surface area contributed by atoms with Crippen molar-refractivity contribution in [3.05, 3.63) is 17.5 Å². The van der Waals surface area contributed by atoms with Crippen LogP contribution in [0.3, 0.4) is 0 Å². The molecule has 15 heavy (non-hydrogen) atoms. The van der Waals surface area contributed by atoms with Crippen LogP contribution in [0.15, 0.2) is 10.6 Å². The number of aromatic nitrogens is 1. The average molecular weight is 210 g/mol. The van der Waals surface area contributed by atoms with Crippen molar-refractivity contribution in [2.24, 2.45) is 5.41 Å². The van der Waals surface area contributed by atoms with Gasteiger partial charge in [-0.05, 0) is 19.3 Å². The number of aryl methyl sites for hydroxylation is 1. The van der Waals surface area contributed by atoms with E-state index in [0.717, 1.165) is 0 Å². The molecule has 4 heteroatoms. The summed E-state index contributed by atoms with van der Waals surface area (Å²) in [5.41, 5.74) is 0.373. The Kier molecular flexibility index (Phi) is 3.17. The summed E-state index contributed by atoms with van der Waals surface area (Å²) in [4.78, 5) is 11.7. The fraction of sp³-hybridized carbons (Fsp3) is 0.636. The molecule has 1 aromatic rings. The van der Waals surface area contributed by atoms with Crippen molar-refractivity contribution in [1.29, 1.82) is 0 Å². The first-order chi connectivity index (χ1) is 6.80. The molecule has 1 unspecified atom stereocenters. The maximum atomic E-state index is 11.7. The summed E-state index contributed by atoms with van der Waals surface area (Å²) in [5.74, 6) is 0.456. The third kappa shape index (κ3) is 3.08. The second kappa shape index (κ2) is 4.04. The highest BCUT2D eigenvalue weighted by Gasteiger charge is 2.23. The lowest BCUT2D eigenvalue weighted by Crippen LogP contribution is -2.41. The summed E-state index contributed by atoms with van der Waals surface area (Å²) in [6.07, 6.45) is 0. The Morgan fingerprint density at radius 3 is 2.53 bits per heavy atom. The first kappa shape index (κ1) is 11.8. The zero-order valence-electron chi connectivity index (χ0n) is 9.92. The Hall–Kier alpha value is -1.32. The molecular formula is C11H18N2O2. The van der Waals surface area contributed by atoms with Crippen molar-refractivity contribution >= 4 is 5.91 Å². The molecule has 0 saturated heterocycles. The normalized spacial score (nSPS) is 13.7. The third-order valence-electron chi connectivity index (χ3n) is 2.51. The van der Waals surface area contributed by atoms with Gasteiger partial charge in [0, 0.05) is 12.1 Å². The van der Waals surface area contributed by atoms with Gasteiger partial charge in [0.1, 0.15) is 5.76 Å². The van der Waals surface area contributed by atoms with Gasteiger partial charge in [-0.15, -0.1) is 0 Å². The lowest BCUT2D eigenvalue weighted by Gasteiger charge is -2.27. The molecule has 0 aromatic carbocycles. The molecule has 1 aromatic heterocycles. The monoisotopic (exact) mass is 210 g/mol.